The van der Waals surface area contributed by atoms with Gasteiger partial charge in [0.25, 0.3) is 5.91 Å². The molecule has 2 N–H and O–H groups in total. The fourth-order valence-electron chi connectivity index (χ4n) is 1.29. The molecule has 0 aliphatic heterocycles. The number of hydrogen-bond acceptors (Lipinski definition) is 5. The number of nitrogens with one attached hydrogen (secondary N) is 1. The Morgan fingerprint density at radius 1 is 1.32 bits per heavy atom. The summed E-state index contributed by atoms with van der Waals surface area (Å²) in [6.07, 6.45) is 1.41. The third-order valence-corrected chi connectivity index (χ3v) is 2.11. The Bertz CT molecular complexity index is 581. The van der Waals surface area contributed by atoms with E-state index in [1.807, 2.05) is 23.7 Å². The van der Waals surface area contributed by atoms with Gasteiger partial charge < -0.3 is 5.11 Å². The standard InChI is InChI=1S/C11H10N4O4/c16-10(17)7-19-13-11(18)9-6-15(14-12-9)8-4-2-1-3-5-8/h1-6H,7H2,(H,13,18)(H,16,17). The minimum absolute atomic E-state index is 0.0224. The number of aromatic nitrogens is 3. The molecule has 98 valence electrons. The minimum atomic E-state index is -1.19. The molecule has 1 aromatic carbocycles. The van der Waals surface area contributed by atoms with Crippen LogP contribution in [0.15, 0.2) is 36.5 Å². The van der Waals surface area contributed by atoms with Crippen LogP contribution < -0.4 is 5.48 Å². The van der Waals surface area contributed by atoms with Crippen LogP contribution in [0, 0.1) is 0 Å². The quantitative estimate of drug-likeness (QED) is 0.735. The van der Waals surface area contributed by atoms with Gasteiger partial charge in [0.05, 0.1) is 11.9 Å². The van der Waals surface area contributed by atoms with Crippen LogP contribution in [0.25, 0.3) is 5.69 Å². The van der Waals surface area contributed by atoms with Gasteiger partial charge in [-0.2, -0.15) is 0 Å². The summed E-state index contributed by atoms with van der Waals surface area (Å²) in [6.45, 7) is -0.626. The summed E-state index contributed by atoms with van der Waals surface area (Å²) >= 11 is 0. The van der Waals surface area contributed by atoms with Crippen molar-refractivity contribution < 1.29 is 19.5 Å². The zero-order chi connectivity index (χ0) is 13.7. The lowest BCUT2D eigenvalue weighted by Crippen LogP contribution is -2.26. The first-order chi connectivity index (χ1) is 9.16. The van der Waals surface area contributed by atoms with Gasteiger partial charge in [0.2, 0.25) is 0 Å². The molecule has 19 heavy (non-hydrogen) atoms. The summed E-state index contributed by atoms with van der Waals surface area (Å²) in [5.41, 5.74) is 2.73. The number of nitrogens with zero attached hydrogens (tertiary/aromatic N) is 3. The van der Waals surface area contributed by atoms with Gasteiger partial charge in [-0.3, -0.25) is 9.63 Å². The van der Waals surface area contributed by atoms with Crippen molar-refractivity contribution in [3.05, 3.63) is 42.2 Å². The first-order valence-corrected chi connectivity index (χ1v) is 5.28. The van der Waals surface area contributed by atoms with Gasteiger partial charge in [-0.05, 0) is 12.1 Å². The third-order valence-electron chi connectivity index (χ3n) is 2.11. The molecular formula is C11H10N4O4. The molecule has 0 radical (unpaired) electrons. The number of hydrogen-bond donors (Lipinski definition) is 2. The number of amides is 1. The maximum Gasteiger partial charge on any atom is 0.332 e. The Kier molecular flexibility index (Phi) is 3.84. The number of carboxylic acid groups (broad SMARTS) is 1. The van der Waals surface area contributed by atoms with Crippen molar-refractivity contribution in [1.29, 1.82) is 0 Å². The molecule has 0 bridgehead atoms. The van der Waals surface area contributed by atoms with Gasteiger partial charge in [-0.1, -0.05) is 23.4 Å². The van der Waals surface area contributed by atoms with E-state index < -0.39 is 18.5 Å². The second-order valence-corrected chi connectivity index (χ2v) is 3.50. The topological polar surface area (TPSA) is 106 Å². The molecule has 0 saturated heterocycles. The molecule has 1 heterocycles. The Balaban J connectivity index is 2.01. The maximum atomic E-state index is 11.5. The van der Waals surface area contributed by atoms with Gasteiger partial charge in [0.1, 0.15) is 0 Å². The van der Waals surface area contributed by atoms with E-state index in [-0.39, 0.29) is 5.69 Å². The predicted octanol–water partition coefficient (Wildman–Crippen LogP) is 0.0133. The van der Waals surface area contributed by atoms with Gasteiger partial charge in [-0.25, -0.2) is 15.0 Å². The highest BCUT2D eigenvalue weighted by Crippen LogP contribution is 2.05. The lowest BCUT2D eigenvalue weighted by Gasteiger charge is -2.00. The van der Waals surface area contributed by atoms with E-state index in [0.29, 0.717) is 0 Å². The number of carbonyl (C=O) groups is 2. The normalized spacial score (nSPS) is 10.1. The lowest BCUT2D eigenvalue weighted by atomic mass is 10.3. The summed E-state index contributed by atoms with van der Waals surface area (Å²) in [4.78, 5) is 26.2. The van der Waals surface area contributed by atoms with Gasteiger partial charge in [0, 0.05) is 0 Å². The van der Waals surface area contributed by atoms with Crippen molar-refractivity contribution in [3.8, 4) is 5.69 Å². The number of hydroxylamine groups is 1. The van der Waals surface area contributed by atoms with Crippen LogP contribution in [-0.4, -0.2) is 38.6 Å². The van der Waals surface area contributed by atoms with Crippen molar-refractivity contribution in [3.63, 3.8) is 0 Å². The highest BCUT2D eigenvalue weighted by atomic mass is 16.7. The van der Waals surface area contributed by atoms with Crippen LogP contribution in [0.4, 0.5) is 0 Å². The van der Waals surface area contributed by atoms with Crippen molar-refractivity contribution in [2.24, 2.45) is 0 Å². The van der Waals surface area contributed by atoms with Crippen molar-refractivity contribution in [2.45, 2.75) is 0 Å². The molecule has 0 aliphatic carbocycles. The largest absolute Gasteiger partial charge is 0.479 e. The average Bonchev–Trinajstić information content (AvgIpc) is 2.89. The van der Waals surface area contributed by atoms with Crippen LogP contribution in [0.5, 0.6) is 0 Å². The second kappa shape index (κ2) is 5.74. The Morgan fingerprint density at radius 3 is 2.74 bits per heavy atom. The van der Waals surface area contributed by atoms with Crippen LogP contribution in [0.1, 0.15) is 10.5 Å². The Labute approximate surface area is 107 Å². The molecule has 8 heteroatoms. The van der Waals surface area contributed by atoms with Gasteiger partial charge in [0.15, 0.2) is 12.3 Å². The monoisotopic (exact) mass is 262 g/mol. The fourth-order valence-corrected chi connectivity index (χ4v) is 1.29. The first kappa shape index (κ1) is 12.7. The van der Waals surface area contributed by atoms with E-state index in [0.717, 1.165) is 5.69 Å². The van der Waals surface area contributed by atoms with Crippen LogP contribution >= 0.6 is 0 Å². The van der Waals surface area contributed by atoms with Crippen molar-refractivity contribution >= 4 is 11.9 Å². The Morgan fingerprint density at radius 2 is 2.05 bits per heavy atom. The minimum Gasteiger partial charge on any atom is -0.479 e. The highest BCUT2D eigenvalue weighted by Gasteiger charge is 2.11. The van der Waals surface area contributed by atoms with E-state index in [9.17, 15) is 9.59 Å². The van der Waals surface area contributed by atoms with Crippen molar-refractivity contribution in [1.82, 2.24) is 20.5 Å². The number of benzene rings is 1. The zero-order valence-electron chi connectivity index (χ0n) is 9.68. The molecular weight excluding hydrogens is 252 g/mol. The van der Waals surface area contributed by atoms with Crippen LogP contribution in [0.3, 0.4) is 0 Å². The summed E-state index contributed by atoms with van der Waals surface area (Å²) in [6, 6.07) is 9.11. The molecule has 0 aliphatic rings. The predicted molar refractivity (Wildman–Crippen MR) is 62.4 cm³/mol. The second-order valence-electron chi connectivity index (χ2n) is 3.50. The maximum absolute atomic E-state index is 11.5. The molecule has 1 amide bonds. The van der Waals surface area contributed by atoms with E-state index in [2.05, 4.69) is 15.1 Å². The van der Waals surface area contributed by atoms with Crippen molar-refractivity contribution in [2.75, 3.05) is 6.61 Å². The fraction of sp³-hybridized carbons (Fsp3) is 0.0909. The molecule has 2 rings (SSSR count). The summed E-state index contributed by atoms with van der Waals surface area (Å²) in [5.74, 6) is -1.85. The Hall–Kier alpha value is -2.74. The lowest BCUT2D eigenvalue weighted by molar-refractivity contribution is -0.144. The first-order valence-electron chi connectivity index (χ1n) is 5.28. The van der Waals surface area contributed by atoms with E-state index in [4.69, 9.17) is 5.11 Å². The van der Waals surface area contributed by atoms with Crippen LogP contribution in [-0.2, 0) is 9.63 Å². The number of aliphatic carboxylic acids is 1. The molecule has 0 atom stereocenters. The number of carbonyl (C=O) groups excluding carboxylic acids is 1. The highest BCUT2D eigenvalue weighted by molar-refractivity contribution is 5.91. The van der Waals surface area contributed by atoms with E-state index in [1.165, 1.54) is 10.9 Å². The van der Waals surface area contributed by atoms with E-state index >= 15 is 0 Å². The number of para-hydroxylation sites is 1. The summed E-state index contributed by atoms with van der Waals surface area (Å²) < 4.78 is 1.42. The molecule has 8 nitrogen and oxygen atoms in total. The van der Waals surface area contributed by atoms with E-state index in [1.54, 1.807) is 12.1 Å². The van der Waals surface area contributed by atoms with Gasteiger partial charge in [-0.15, -0.1) is 5.10 Å². The molecule has 0 spiro atoms. The molecule has 0 fully saturated rings. The number of carboxylic acids is 1. The molecule has 0 saturated carbocycles. The average molecular weight is 262 g/mol. The smallest absolute Gasteiger partial charge is 0.332 e. The SMILES string of the molecule is O=C(O)CONC(=O)c1cn(-c2ccccc2)nn1. The molecule has 0 unspecified atom stereocenters. The molecule has 1 aromatic heterocycles. The van der Waals surface area contributed by atoms with Gasteiger partial charge >= 0.3 is 5.97 Å². The summed E-state index contributed by atoms with van der Waals surface area (Å²) in [7, 11) is 0. The molecule has 2 aromatic rings. The third kappa shape index (κ3) is 3.36. The van der Waals surface area contributed by atoms with Crippen LogP contribution in [0.2, 0.25) is 0 Å². The summed E-state index contributed by atoms with van der Waals surface area (Å²) in [5, 5.41) is 15.8. The zero-order valence-corrected chi connectivity index (χ0v) is 9.68. The number of rotatable bonds is 5.